The minimum Gasteiger partial charge on any atom is -0.233 e. The van der Waals surface area contributed by atoms with E-state index in [1.807, 2.05) is 51.1 Å². The zero-order chi connectivity index (χ0) is 83.1. The normalized spacial score (nSPS) is 10.9. The van der Waals surface area contributed by atoms with Crippen LogP contribution in [0.3, 0.4) is 0 Å². The summed E-state index contributed by atoms with van der Waals surface area (Å²) in [7, 11) is 0. The van der Waals surface area contributed by atoms with Crippen molar-refractivity contribution in [3.8, 4) is 190 Å². The number of hydrogen-bond acceptors (Lipinski definition) is 7. The molecular formula is C116H85N7. The van der Waals surface area contributed by atoms with Crippen molar-refractivity contribution in [3.05, 3.63) is 479 Å². The van der Waals surface area contributed by atoms with Gasteiger partial charge in [0.05, 0.1) is 22.8 Å². The van der Waals surface area contributed by atoms with E-state index in [9.17, 15) is 0 Å². The number of rotatable bonds is 17. The topological polar surface area (TPSA) is 90.2 Å². The number of benzene rings is 17. The highest BCUT2D eigenvalue weighted by Gasteiger charge is 2.19. The molecular weight excluding hydrogens is 1490 g/mol. The van der Waals surface area contributed by atoms with Crippen molar-refractivity contribution in [2.75, 3.05) is 0 Å². The second-order valence-electron chi connectivity index (χ2n) is 30.5. The molecule has 0 aliphatic rings. The van der Waals surface area contributed by atoms with Crippen LogP contribution < -0.4 is 0 Å². The average molecular weight is 1580 g/mol. The molecule has 7 heteroatoms. The lowest BCUT2D eigenvalue weighted by atomic mass is 9.93. The van der Waals surface area contributed by atoms with Gasteiger partial charge >= 0.3 is 0 Å². The summed E-state index contributed by atoms with van der Waals surface area (Å²) in [5.41, 5.74) is 35.3. The predicted molar refractivity (Wildman–Crippen MR) is 511 cm³/mol. The molecule has 123 heavy (non-hydrogen) atoms. The lowest BCUT2D eigenvalue weighted by molar-refractivity contribution is 0.992. The third-order valence-corrected chi connectivity index (χ3v) is 21.8. The summed E-state index contributed by atoms with van der Waals surface area (Å²) >= 11 is 0. The van der Waals surface area contributed by atoms with Crippen LogP contribution in [0.15, 0.2) is 461 Å². The van der Waals surface area contributed by atoms with Gasteiger partial charge in [0.15, 0.2) is 11.6 Å². The van der Waals surface area contributed by atoms with Crippen LogP contribution in [0.1, 0.15) is 17.5 Å². The summed E-state index contributed by atoms with van der Waals surface area (Å²) in [6.45, 7) is 5.88. The monoisotopic (exact) mass is 1580 g/mol. The van der Waals surface area contributed by atoms with Gasteiger partial charge in [-0.05, 0) is 252 Å². The zero-order valence-electron chi connectivity index (χ0n) is 68.5. The lowest BCUT2D eigenvalue weighted by Gasteiger charge is -2.14. The summed E-state index contributed by atoms with van der Waals surface area (Å²) in [5, 5.41) is 0. The van der Waals surface area contributed by atoms with Crippen molar-refractivity contribution in [3.63, 3.8) is 0 Å². The number of aryl methyl sites for hydroxylation is 3. The molecule has 0 radical (unpaired) electrons. The van der Waals surface area contributed by atoms with Crippen LogP contribution in [-0.4, -0.2) is 34.9 Å². The Bertz CT molecular complexity index is 6130. The van der Waals surface area contributed by atoms with Crippen molar-refractivity contribution in [2.45, 2.75) is 20.8 Å². The Labute approximate surface area is 719 Å². The minimum absolute atomic E-state index is 0.656. The maximum absolute atomic E-state index is 5.09. The summed E-state index contributed by atoms with van der Waals surface area (Å²) in [6.07, 6.45) is 0. The number of nitrogens with zero attached hydrogens (tertiary/aromatic N) is 7. The molecule has 3 aromatic heterocycles. The summed E-state index contributed by atoms with van der Waals surface area (Å²) < 4.78 is 0. The Kier molecular flexibility index (Phi) is 23.4. The van der Waals surface area contributed by atoms with E-state index < -0.39 is 0 Å². The van der Waals surface area contributed by atoms with Crippen molar-refractivity contribution >= 4 is 0 Å². The molecule has 0 aliphatic heterocycles. The lowest BCUT2D eigenvalue weighted by Crippen LogP contribution is -2.00. The molecule has 17 aromatic carbocycles. The van der Waals surface area contributed by atoms with Crippen molar-refractivity contribution in [1.82, 2.24) is 34.9 Å². The van der Waals surface area contributed by atoms with E-state index in [-0.39, 0.29) is 0 Å². The predicted octanol–water partition coefficient (Wildman–Crippen LogP) is 30.1. The smallest absolute Gasteiger partial charge is 0.163 e. The molecule has 0 aliphatic carbocycles. The average Bonchev–Trinajstić information content (AvgIpc) is 0.795. The summed E-state index contributed by atoms with van der Waals surface area (Å²) in [5.74, 6) is 3.49. The molecule has 0 spiro atoms. The van der Waals surface area contributed by atoms with Crippen LogP contribution in [0, 0.1) is 20.8 Å². The quantitative estimate of drug-likeness (QED) is 0.0897. The van der Waals surface area contributed by atoms with Gasteiger partial charge in [-0.1, -0.05) is 352 Å². The molecule has 20 aromatic rings. The zero-order valence-corrected chi connectivity index (χ0v) is 68.5. The molecule has 0 unspecified atom stereocenters. The minimum atomic E-state index is 0.656. The first-order chi connectivity index (χ1) is 60.6. The molecule has 0 fully saturated rings. The van der Waals surface area contributed by atoms with Crippen molar-refractivity contribution in [2.24, 2.45) is 0 Å². The first-order valence-corrected chi connectivity index (χ1v) is 41.5. The summed E-state index contributed by atoms with van der Waals surface area (Å²) in [4.78, 5) is 34.3. The van der Waals surface area contributed by atoms with Gasteiger partial charge in [0.1, 0.15) is 17.5 Å². The van der Waals surface area contributed by atoms with Crippen LogP contribution in [0.25, 0.3) is 190 Å². The van der Waals surface area contributed by atoms with Crippen LogP contribution >= 0.6 is 0 Å². The van der Waals surface area contributed by atoms with Gasteiger partial charge in [-0.15, -0.1) is 0 Å². The fourth-order valence-electron chi connectivity index (χ4n) is 15.8. The van der Waals surface area contributed by atoms with Crippen LogP contribution in [0.5, 0.6) is 0 Å². The molecule has 0 bridgehead atoms. The van der Waals surface area contributed by atoms with Crippen molar-refractivity contribution < 1.29 is 0 Å². The Morgan fingerprint density at radius 3 is 0.463 bits per heavy atom. The van der Waals surface area contributed by atoms with Crippen LogP contribution in [0.4, 0.5) is 0 Å². The van der Waals surface area contributed by atoms with Crippen LogP contribution in [-0.2, 0) is 0 Å². The maximum Gasteiger partial charge on any atom is 0.163 e. The molecule has 20 rings (SSSR count). The van der Waals surface area contributed by atoms with Gasteiger partial charge in [-0.2, -0.15) is 0 Å². The highest BCUT2D eigenvalue weighted by Crippen LogP contribution is 2.41. The van der Waals surface area contributed by atoms with Gasteiger partial charge in [0.2, 0.25) is 0 Å². The van der Waals surface area contributed by atoms with E-state index in [0.717, 1.165) is 135 Å². The Morgan fingerprint density at radius 2 is 0.252 bits per heavy atom. The highest BCUT2D eigenvalue weighted by atomic mass is 15.0. The van der Waals surface area contributed by atoms with Gasteiger partial charge in [-0.25, -0.2) is 34.9 Å². The fraction of sp³-hybridized carbons (Fsp3) is 0.0259. The van der Waals surface area contributed by atoms with Crippen molar-refractivity contribution in [1.29, 1.82) is 0 Å². The first-order valence-electron chi connectivity index (χ1n) is 41.5. The van der Waals surface area contributed by atoms with E-state index in [0.29, 0.717) is 17.5 Å². The van der Waals surface area contributed by atoms with Gasteiger partial charge in [0, 0.05) is 33.4 Å². The molecule has 0 saturated carbocycles. The van der Waals surface area contributed by atoms with Gasteiger partial charge < -0.3 is 0 Å². The molecule has 0 amide bonds. The molecule has 0 atom stereocenters. The third-order valence-electron chi connectivity index (χ3n) is 21.8. The Hall–Kier alpha value is -16.1. The molecule has 0 N–H and O–H groups in total. The van der Waals surface area contributed by atoms with E-state index >= 15 is 0 Å². The van der Waals surface area contributed by atoms with E-state index in [4.69, 9.17) is 34.9 Å². The van der Waals surface area contributed by atoms with E-state index in [2.05, 4.69) is 431 Å². The second-order valence-corrected chi connectivity index (χ2v) is 30.5. The number of aromatic nitrogens is 7. The first kappa shape index (κ1) is 78.1. The van der Waals surface area contributed by atoms with Gasteiger partial charge in [-0.3, -0.25) is 0 Å². The molecule has 584 valence electrons. The standard InChI is InChI=1S/C41H30N2.C40H29N3.C35H26N2/c1-29-42-40(38-24-34(30-14-6-2-7-15-30)22-35(25-38)31-16-8-3-9-17-31)28-41(43-29)39-26-36(32-18-10-4-11-19-32)23-37(27-39)33-20-12-5-13-21-33;1-28-41-39(37-24-33(29-14-6-2-7-15-29)22-34(25-37)30-16-8-3-9-17-30)43-40(42-28)38-26-35(31-18-10-4-11-19-31)23-36(27-38)32-20-12-5-13-21-32;1-25-36-34(30-19-11-18-29(20-30)26-12-5-2-6-13-26)24-35(37-25)33-22-31(27-14-7-3-8-15-27)21-32(23-33)28-16-9-4-10-17-28/h2-28H,1H3;2-27H,1H3;2-24H,1H3. The largest absolute Gasteiger partial charge is 0.233 e. The Morgan fingerprint density at radius 1 is 0.106 bits per heavy atom. The van der Waals surface area contributed by atoms with E-state index in [1.54, 1.807) is 0 Å². The van der Waals surface area contributed by atoms with Gasteiger partial charge in [0.25, 0.3) is 0 Å². The number of hydrogen-bond donors (Lipinski definition) is 0. The maximum atomic E-state index is 5.09. The molecule has 7 nitrogen and oxygen atoms in total. The van der Waals surface area contributed by atoms with E-state index in [1.165, 1.54) is 55.6 Å². The highest BCUT2D eigenvalue weighted by molar-refractivity contribution is 5.88. The SMILES string of the molecule is Cc1nc(-c2cc(-c3ccccc3)cc(-c3ccccc3)c2)cc(-c2cc(-c3ccccc3)cc(-c3ccccc3)c2)n1.Cc1nc(-c2cc(-c3ccccc3)cc(-c3ccccc3)c2)nc(-c2cc(-c3ccccc3)cc(-c3ccccc3)c2)n1.Cc1nc(-c2cccc(-c3ccccc3)c2)cc(-c2cc(-c3ccccc3)cc(-c3ccccc3)c2)n1. The third kappa shape index (κ3) is 18.9. The Balaban J connectivity index is 0.000000126. The van der Waals surface area contributed by atoms with Crippen LogP contribution in [0.2, 0.25) is 0 Å². The molecule has 3 heterocycles. The summed E-state index contributed by atoms with van der Waals surface area (Å²) in [6, 6.07) is 162. The fourth-order valence-corrected chi connectivity index (χ4v) is 15.8. The second kappa shape index (κ2) is 36.8. The molecule has 0 saturated heterocycles.